The van der Waals surface area contributed by atoms with Crippen molar-refractivity contribution in [3.63, 3.8) is 0 Å². The zero-order valence-electron chi connectivity index (χ0n) is 9.17. The Balaban J connectivity index is 2.77. The highest BCUT2D eigenvalue weighted by Crippen LogP contribution is 2.27. The number of rotatable bonds is 3. The number of hydrogen-bond acceptors (Lipinski definition) is 1. The minimum atomic E-state index is 0.244. The Kier molecular flexibility index (Phi) is 3.99. The summed E-state index contributed by atoms with van der Waals surface area (Å²) >= 11 is 3.50. The molecule has 14 heavy (non-hydrogen) atoms. The molecule has 1 unspecified atom stereocenters. The molecule has 1 aromatic carbocycles. The van der Waals surface area contributed by atoms with Crippen molar-refractivity contribution in [2.75, 3.05) is 0 Å². The van der Waals surface area contributed by atoms with Crippen molar-refractivity contribution in [1.82, 2.24) is 0 Å². The van der Waals surface area contributed by atoms with Crippen LogP contribution >= 0.6 is 15.9 Å². The Morgan fingerprint density at radius 2 is 1.86 bits per heavy atom. The molecule has 2 heteroatoms. The van der Waals surface area contributed by atoms with Crippen molar-refractivity contribution in [3.05, 3.63) is 28.2 Å². The summed E-state index contributed by atoms with van der Waals surface area (Å²) in [7, 11) is 0. The zero-order valence-corrected chi connectivity index (χ0v) is 10.8. The second-order valence-electron chi connectivity index (χ2n) is 4.00. The van der Waals surface area contributed by atoms with Crippen LogP contribution in [-0.2, 0) is 0 Å². The SMILES string of the molecule is Cc1ccc(OC(C)C(C)C)c(Br)c1. The molecule has 0 aliphatic rings. The van der Waals surface area contributed by atoms with E-state index in [1.54, 1.807) is 0 Å². The van der Waals surface area contributed by atoms with E-state index in [9.17, 15) is 0 Å². The molecule has 1 nitrogen and oxygen atoms in total. The van der Waals surface area contributed by atoms with Gasteiger partial charge in [-0.1, -0.05) is 19.9 Å². The van der Waals surface area contributed by atoms with Crippen LogP contribution in [0.2, 0.25) is 0 Å². The molecule has 0 aliphatic heterocycles. The van der Waals surface area contributed by atoms with Crippen LogP contribution in [0.25, 0.3) is 0 Å². The lowest BCUT2D eigenvalue weighted by Crippen LogP contribution is -2.18. The van der Waals surface area contributed by atoms with E-state index in [4.69, 9.17) is 4.74 Å². The van der Waals surface area contributed by atoms with Gasteiger partial charge >= 0.3 is 0 Å². The van der Waals surface area contributed by atoms with Crippen LogP contribution in [0.1, 0.15) is 26.3 Å². The predicted molar refractivity (Wildman–Crippen MR) is 63.8 cm³/mol. The van der Waals surface area contributed by atoms with E-state index in [0.717, 1.165) is 10.2 Å². The number of halogens is 1. The van der Waals surface area contributed by atoms with Gasteiger partial charge in [0.2, 0.25) is 0 Å². The Morgan fingerprint density at radius 1 is 1.21 bits per heavy atom. The van der Waals surface area contributed by atoms with Crippen molar-refractivity contribution >= 4 is 15.9 Å². The van der Waals surface area contributed by atoms with Gasteiger partial charge in [-0.05, 0) is 53.4 Å². The fraction of sp³-hybridized carbons (Fsp3) is 0.500. The van der Waals surface area contributed by atoms with Crippen molar-refractivity contribution in [1.29, 1.82) is 0 Å². The van der Waals surface area contributed by atoms with Crippen molar-refractivity contribution < 1.29 is 4.74 Å². The minimum Gasteiger partial charge on any atom is -0.489 e. The summed E-state index contributed by atoms with van der Waals surface area (Å²) in [4.78, 5) is 0. The molecule has 0 radical (unpaired) electrons. The third-order valence-electron chi connectivity index (χ3n) is 2.34. The normalized spacial score (nSPS) is 13.0. The summed E-state index contributed by atoms with van der Waals surface area (Å²) in [6.45, 7) is 8.48. The molecule has 1 aromatic rings. The van der Waals surface area contributed by atoms with Gasteiger partial charge in [0.05, 0.1) is 10.6 Å². The first kappa shape index (κ1) is 11.6. The van der Waals surface area contributed by atoms with Crippen LogP contribution in [-0.4, -0.2) is 6.10 Å². The molecule has 0 fully saturated rings. The Hall–Kier alpha value is -0.500. The van der Waals surface area contributed by atoms with Crippen LogP contribution in [0.3, 0.4) is 0 Å². The first-order chi connectivity index (χ1) is 6.50. The molecular weight excluding hydrogens is 240 g/mol. The molecule has 0 saturated carbocycles. The van der Waals surface area contributed by atoms with Crippen LogP contribution in [0.15, 0.2) is 22.7 Å². The van der Waals surface area contributed by atoms with Gasteiger partial charge in [-0.15, -0.1) is 0 Å². The largest absolute Gasteiger partial charge is 0.489 e. The maximum atomic E-state index is 5.81. The molecule has 0 spiro atoms. The maximum absolute atomic E-state index is 5.81. The predicted octanol–water partition coefficient (Wildman–Crippen LogP) is 4.18. The summed E-state index contributed by atoms with van der Waals surface area (Å²) in [6, 6.07) is 6.15. The van der Waals surface area contributed by atoms with Gasteiger partial charge in [-0.2, -0.15) is 0 Å². The number of ether oxygens (including phenoxy) is 1. The van der Waals surface area contributed by atoms with Gasteiger partial charge in [0, 0.05) is 0 Å². The van der Waals surface area contributed by atoms with Crippen LogP contribution in [0.4, 0.5) is 0 Å². The van der Waals surface area contributed by atoms with Crippen LogP contribution in [0, 0.1) is 12.8 Å². The number of benzene rings is 1. The van der Waals surface area contributed by atoms with Crippen molar-refractivity contribution in [2.45, 2.75) is 33.8 Å². The average molecular weight is 257 g/mol. The topological polar surface area (TPSA) is 9.23 Å². The average Bonchev–Trinajstić information content (AvgIpc) is 2.09. The van der Waals surface area contributed by atoms with E-state index in [1.165, 1.54) is 5.56 Å². The van der Waals surface area contributed by atoms with E-state index < -0.39 is 0 Å². The summed E-state index contributed by atoms with van der Waals surface area (Å²) < 4.78 is 6.85. The molecule has 1 rings (SSSR count). The van der Waals surface area contributed by atoms with Crippen LogP contribution < -0.4 is 4.74 Å². The molecule has 0 bridgehead atoms. The highest BCUT2D eigenvalue weighted by Gasteiger charge is 2.10. The molecule has 1 atom stereocenters. The lowest BCUT2D eigenvalue weighted by atomic mass is 10.1. The first-order valence-electron chi connectivity index (χ1n) is 4.93. The third kappa shape index (κ3) is 3.02. The van der Waals surface area contributed by atoms with Gasteiger partial charge in [0.25, 0.3) is 0 Å². The van der Waals surface area contributed by atoms with Gasteiger partial charge in [-0.25, -0.2) is 0 Å². The van der Waals surface area contributed by atoms with Crippen molar-refractivity contribution in [3.8, 4) is 5.75 Å². The first-order valence-corrected chi connectivity index (χ1v) is 5.73. The van der Waals surface area contributed by atoms with Gasteiger partial charge in [0.1, 0.15) is 5.75 Å². The molecule has 0 aliphatic carbocycles. The minimum absolute atomic E-state index is 0.244. The zero-order chi connectivity index (χ0) is 10.7. The summed E-state index contributed by atoms with van der Waals surface area (Å²) in [6.07, 6.45) is 0.244. The third-order valence-corrected chi connectivity index (χ3v) is 2.96. The Bertz CT molecular complexity index is 307. The van der Waals surface area contributed by atoms with E-state index in [0.29, 0.717) is 5.92 Å². The lowest BCUT2D eigenvalue weighted by molar-refractivity contribution is 0.169. The Morgan fingerprint density at radius 3 is 2.36 bits per heavy atom. The van der Waals surface area contributed by atoms with Gasteiger partial charge in [0.15, 0.2) is 0 Å². The standard InChI is InChI=1S/C12H17BrO/c1-8(2)10(4)14-12-6-5-9(3)7-11(12)13/h5-8,10H,1-4H3. The van der Waals surface area contributed by atoms with Crippen molar-refractivity contribution in [2.24, 2.45) is 5.92 Å². The summed E-state index contributed by atoms with van der Waals surface area (Å²) in [5, 5.41) is 0. The smallest absolute Gasteiger partial charge is 0.133 e. The molecular formula is C12H17BrO. The Labute approximate surface area is 94.6 Å². The molecule has 0 saturated heterocycles. The molecule has 78 valence electrons. The fourth-order valence-electron chi connectivity index (χ4n) is 1.04. The van der Waals surface area contributed by atoms with Gasteiger partial charge in [-0.3, -0.25) is 0 Å². The molecule has 0 amide bonds. The summed E-state index contributed by atoms with van der Waals surface area (Å²) in [5.74, 6) is 1.46. The highest BCUT2D eigenvalue weighted by molar-refractivity contribution is 9.10. The second kappa shape index (κ2) is 4.83. The fourth-order valence-corrected chi connectivity index (χ4v) is 1.62. The second-order valence-corrected chi connectivity index (χ2v) is 4.86. The number of hydrogen-bond donors (Lipinski definition) is 0. The lowest BCUT2D eigenvalue weighted by Gasteiger charge is -2.19. The van der Waals surface area contributed by atoms with E-state index in [-0.39, 0.29) is 6.10 Å². The molecule has 0 aromatic heterocycles. The monoisotopic (exact) mass is 256 g/mol. The van der Waals surface area contributed by atoms with Crippen LogP contribution in [0.5, 0.6) is 5.75 Å². The maximum Gasteiger partial charge on any atom is 0.133 e. The van der Waals surface area contributed by atoms with E-state index in [2.05, 4.69) is 55.8 Å². The molecule has 0 N–H and O–H groups in total. The van der Waals surface area contributed by atoms with E-state index in [1.807, 2.05) is 6.07 Å². The van der Waals surface area contributed by atoms with Gasteiger partial charge < -0.3 is 4.74 Å². The molecule has 0 heterocycles. The highest BCUT2D eigenvalue weighted by atomic mass is 79.9. The quantitative estimate of drug-likeness (QED) is 0.789. The summed E-state index contributed by atoms with van der Waals surface area (Å²) in [5.41, 5.74) is 1.24. The number of aryl methyl sites for hydroxylation is 1. The van der Waals surface area contributed by atoms with E-state index >= 15 is 0 Å².